The molecule has 1 unspecified atom stereocenters. The normalized spacial score (nSPS) is 31.5. The van der Waals surface area contributed by atoms with Crippen molar-refractivity contribution >= 4 is 17.7 Å². The average Bonchev–Trinajstić information content (AvgIpc) is 2.93. The van der Waals surface area contributed by atoms with Crippen molar-refractivity contribution in [2.45, 2.75) is 73.0 Å². The molecule has 2 aliphatic carbocycles. The van der Waals surface area contributed by atoms with Crippen LogP contribution in [0.5, 0.6) is 0 Å². The number of Topliss-reactive ketones (excluding diaryl/α,β-unsaturated/α-hetero) is 1. The zero-order valence-electron chi connectivity index (χ0n) is 18.0. The van der Waals surface area contributed by atoms with Crippen molar-refractivity contribution in [3.05, 3.63) is 23.8 Å². The van der Waals surface area contributed by atoms with E-state index in [1.54, 1.807) is 6.92 Å². The summed E-state index contributed by atoms with van der Waals surface area (Å²) in [5.41, 5.74) is 1.79. The molecule has 2 aliphatic rings. The van der Waals surface area contributed by atoms with E-state index in [4.69, 9.17) is 9.47 Å². The third-order valence-corrected chi connectivity index (χ3v) is 6.44. The second kappa shape index (κ2) is 9.06. The molecule has 0 amide bonds. The molecule has 0 N–H and O–H groups in total. The highest BCUT2D eigenvalue weighted by Crippen LogP contribution is 2.53. The molecule has 2 fully saturated rings. The molecule has 6 atom stereocenters. The molecule has 5 nitrogen and oxygen atoms in total. The van der Waals surface area contributed by atoms with Crippen LogP contribution in [0.15, 0.2) is 23.8 Å². The average molecular weight is 391 g/mol. The number of carbonyl (C=O) groups is 3. The summed E-state index contributed by atoms with van der Waals surface area (Å²) in [6.45, 7) is 15.5. The van der Waals surface area contributed by atoms with Crippen LogP contribution in [0.4, 0.5) is 0 Å². The van der Waals surface area contributed by atoms with Crippen LogP contribution in [0.2, 0.25) is 0 Å². The van der Waals surface area contributed by atoms with E-state index in [1.165, 1.54) is 13.0 Å². The van der Waals surface area contributed by atoms with Gasteiger partial charge in [-0.15, -0.1) is 0 Å². The first kappa shape index (κ1) is 22.4. The molecule has 0 saturated heterocycles. The number of esters is 2. The maximum atomic E-state index is 12.8. The van der Waals surface area contributed by atoms with Gasteiger partial charge in [0.25, 0.3) is 0 Å². The van der Waals surface area contributed by atoms with E-state index < -0.39 is 6.10 Å². The lowest BCUT2D eigenvalue weighted by atomic mass is 9.63. The molecule has 0 radical (unpaired) electrons. The fourth-order valence-corrected chi connectivity index (χ4v) is 4.92. The summed E-state index contributed by atoms with van der Waals surface area (Å²) in [5.74, 6) is -0.388. The third-order valence-electron chi connectivity index (χ3n) is 6.44. The molecule has 0 heterocycles. The summed E-state index contributed by atoms with van der Waals surface area (Å²) in [5, 5.41) is 0. The number of allylic oxidation sites excluding steroid dienone is 1. The fraction of sp³-hybridized carbons (Fsp3) is 0.696. The molecular weight excluding hydrogens is 356 g/mol. The Kier molecular flexibility index (Phi) is 7.24. The summed E-state index contributed by atoms with van der Waals surface area (Å²) in [6.07, 6.45) is 2.53. The largest absolute Gasteiger partial charge is 0.462 e. The van der Waals surface area contributed by atoms with Crippen molar-refractivity contribution < 1.29 is 23.9 Å². The van der Waals surface area contributed by atoms with Gasteiger partial charge < -0.3 is 9.47 Å². The van der Waals surface area contributed by atoms with Gasteiger partial charge in [0.15, 0.2) is 0 Å². The van der Waals surface area contributed by atoms with Crippen LogP contribution in [0.25, 0.3) is 0 Å². The van der Waals surface area contributed by atoms with Gasteiger partial charge in [0.05, 0.1) is 5.92 Å². The zero-order valence-corrected chi connectivity index (χ0v) is 18.0. The van der Waals surface area contributed by atoms with Gasteiger partial charge in [0.1, 0.15) is 18.0 Å². The van der Waals surface area contributed by atoms with Gasteiger partial charge in [-0.25, -0.2) is 4.79 Å². The van der Waals surface area contributed by atoms with E-state index in [0.29, 0.717) is 18.8 Å². The summed E-state index contributed by atoms with van der Waals surface area (Å²) >= 11 is 0. The molecule has 2 saturated carbocycles. The van der Waals surface area contributed by atoms with Crippen LogP contribution < -0.4 is 0 Å². The van der Waals surface area contributed by atoms with E-state index in [0.717, 1.165) is 17.6 Å². The van der Waals surface area contributed by atoms with Gasteiger partial charge in [-0.1, -0.05) is 32.9 Å². The Morgan fingerprint density at radius 3 is 2.43 bits per heavy atom. The first-order valence-corrected chi connectivity index (χ1v) is 10.3. The molecule has 156 valence electrons. The van der Waals surface area contributed by atoms with E-state index in [-0.39, 0.29) is 47.5 Å². The van der Waals surface area contributed by atoms with Crippen LogP contribution >= 0.6 is 0 Å². The van der Waals surface area contributed by atoms with E-state index in [1.807, 2.05) is 13.8 Å². The molecule has 28 heavy (non-hydrogen) atoms. The molecular formula is C23H34O5. The Morgan fingerprint density at radius 1 is 1.25 bits per heavy atom. The number of ketones is 1. The highest BCUT2D eigenvalue weighted by atomic mass is 16.5. The van der Waals surface area contributed by atoms with Crippen molar-refractivity contribution in [2.75, 3.05) is 0 Å². The highest BCUT2D eigenvalue weighted by molar-refractivity contribution is 5.86. The Balaban J connectivity index is 2.26. The molecule has 0 aromatic rings. The first-order valence-electron chi connectivity index (χ1n) is 10.3. The fourth-order valence-electron chi connectivity index (χ4n) is 4.92. The number of fused-ring (bicyclic) bond motifs is 1. The maximum Gasteiger partial charge on any atom is 0.331 e. The van der Waals surface area contributed by atoms with Gasteiger partial charge in [-0.2, -0.15) is 0 Å². The number of hydrogen-bond acceptors (Lipinski definition) is 5. The van der Waals surface area contributed by atoms with Gasteiger partial charge in [-0.3, -0.25) is 9.59 Å². The van der Waals surface area contributed by atoms with E-state index >= 15 is 0 Å². The molecule has 0 aromatic carbocycles. The van der Waals surface area contributed by atoms with Gasteiger partial charge in [0, 0.05) is 19.4 Å². The second-order valence-electron chi connectivity index (χ2n) is 8.68. The third kappa shape index (κ3) is 4.73. The topological polar surface area (TPSA) is 69.7 Å². The zero-order chi connectivity index (χ0) is 21.2. The minimum Gasteiger partial charge on any atom is -0.462 e. The molecule has 0 spiro atoms. The summed E-state index contributed by atoms with van der Waals surface area (Å²) < 4.78 is 11.1. The minimum absolute atomic E-state index is 0.0364. The lowest BCUT2D eigenvalue weighted by molar-refractivity contribution is -0.153. The lowest BCUT2D eigenvalue weighted by Crippen LogP contribution is -2.44. The highest BCUT2D eigenvalue weighted by Gasteiger charge is 2.55. The SMILES string of the molecule is C=C1[C@@H](OC(=O)/C=C(\C)CC)C[C@H](C(C)C)[C@@H]2[C@@H]1CC(=O)[C@@H]2C(C)OC(C)=O. The van der Waals surface area contributed by atoms with Crippen LogP contribution in [0.1, 0.15) is 60.8 Å². The molecule has 0 aliphatic heterocycles. The van der Waals surface area contributed by atoms with Crippen molar-refractivity contribution in [2.24, 2.45) is 29.6 Å². The number of carbonyl (C=O) groups excluding carboxylic acids is 3. The van der Waals surface area contributed by atoms with Crippen LogP contribution in [0.3, 0.4) is 0 Å². The van der Waals surface area contributed by atoms with Crippen LogP contribution in [0, 0.1) is 29.6 Å². The van der Waals surface area contributed by atoms with Gasteiger partial charge in [0.2, 0.25) is 0 Å². The number of hydrogen-bond donors (Lipinski definition) is 0. The van der Waals surface area contributed by atoms with E-state index in [9.17, 15) is 14.4 Å². The number of rotatable bonds is 6. The Morgan fingerprint density at radius 2 is 1.89 bits per heavy atom. The lowest BCUT2D eigenvalue weighted by Gasteiger charge is -2.44. The number of ether oxygens (including phenoxy) is 2. The monoisotopic (exact) mass is 390 g/mol. The van der Waals surface area contributed by atoms with Crippen molar-refractivity contribution in [1.82, 2.24) is 0 Å². The minimum atomic E-state index is -0.455. The molecule has 5 heteroatoms. The van der Waals surface area contributed by atoms with Crippen molar-refractivity contribution in [3.8, 4) is 0 Å². The standard InChI is InChI=1S/C23H34O5/c1-8-13(4)9-21(26)28-20-11-17(12(2)3)23-18(14(20)5)10-19(25)22(23)15(6)27-16(7)24/h9,12,15,17-18,20,22-23H,5,8,10-11H2,1-4,6-7H3/b13-9+/t15?,17-,18-,20+,22+,23-/m1/s1. The summed E-state index contributed by atoms with van der Waals surface area (Å²) in [4.78, 5) is 36.6. The van der Waals surface area contributed by atoms with Crippen molar-refractivity contribution in [3.63, 3.8) is 0 Å². The Bertz CT molecular complexity index is 674. The Hall–Kier alpha value is -1.91. The summed E-state index contributed by atoms with van der Waals surface area (Å²) in [7, 11) is 0. The molecule has 0 aromatic heterocycles. The summed E-state index contributed by atoms with van der Waals surface area (Å²) in [6, 6.07) is 0. The van der Waals surface area contributed by atoms with Crippen LogP contribution in [-0.2, 0) is 23.9 Å². The quantitative estimate of drug-likeness (QED) is 0.385. The predicted octanol–water partition coefficient (Wildman–Crippen LogP) is 4.26. The molecule has 2 rings (SSSR count). The maximum absolute atomic E-state index is 12.8. The second-order valence-corrected chi connectivity index (χ2v) is 8.68. The van der Waals surface area contributed by atoms with Crippen molar-refractivity contribution in [1.29, 1.82) is 0 Å². The van der Waals surface area contributed by atoms with Gasteiger partial charge in [-0.05, 0) is 55.9 Å². The smallest absolute Gasteiger partial charge is 0.331 e. The first-order chi connectivity index (χ1) is 13.1. The van der Waals surface area contributed by atoms with Gasteiger partial charge >= 0.3 is 11.9 Å². The van der Waals surface area contributed by atoms with Crippen LogP contribution in [-0.4, -0.2) is 29.9 Å². The predicted molar refractivity (Wildman–Crippen MR) is 107 cm³/mol. The molecule has 0 bridgehead atoms. The Labute approximate surface area is 168 Å². The van der Waals surface area contributed by atoms with E-state index in [2.05, 4.69) is 20.4 Å².